The molecule has 1 N–H and O–H groups in total. The summed E-state index contributed by atoms with van der Waals surface area (Å²) in [4.78, 5) is 1.17. The maximum Gasteiger partial charge on any atom is 0.0853 e. The van der Waals surface area contributed by atoms with Gasteiger partial charge >= 0.3 is 0 Å². The molecule has 90 valence electrons. The van der Waals surface area contributed by atoms with Gasteiger partial charge in [0.2, 0.25) is 0 Å². The Morgan fingerprint density at radius 3 is 2.76 bits per heavy atom. The van der Waals surface area contributed by atoms with Crippen molar-refractivity contribution in [2.24, 2.45) is 7.05 Å². The van der Waals surface area contributed by atoms with E-state index in [1.807, 2.05) is 43.6 Å². The van der Waals surface area contributed by atoms with Crippen molar-refractivity contribution in [3.63, 3.8) is 0 Å². The van der Waals surface area contributed by atoms with Gasteiger partial charge in [-0.25, -0.2) is 0 Å². The summed E-state index contributed by atoms with van der Waals surface area (Å²) in [7, 11) is 1.82. The molecule has 0 saturated carbocycles. The molecule has 1 unspecified atom stereocenters. The normalized spacial score (nSPS) is 12.6. The van der Waals surface area contributed by atoms with Crippen molar-refractivity contribution in [2.75, 3.05) is 5.75 Å². The lowest BCUT2D eigenvalue weighted by Crippen LogP contribution is -2.13. The minimum Gasteiger partial charge on any atom is -0.392 e. The Hall–Kier alpha value is -1.33. The molecule has 0 saturated heterocycles. The minimum atomic E-state index is -0.392. The molecule has 0 spiro atoms. The first-order chi connectivity index (χ1) is 8.24. The van der Waals surface area contributed by atoms with Crippen LogP contribution < -0.4 is 0 Å². The van der Waals surface area contributed by atoms with Gasteiger partial charge in [0.15, 0.2) is 0 Å². The molecule has 0 fully saturated rings. The van der Waals surface area contributed by atoms with Crippen molar-refractivity contribution in [1.29, 1.82) is 0 Å². The number of nitrogens with zero attached hydrogens (tertiary/aromatic N) is 3. The van der Waals surface area contributed by atoms with E-state index in [1.165, 1.54) is 4.90 Å². The topological polar surface area (TPSA) is 50.9 Å². The van der Waals surface area contributed by atoms with E-state index in [4.69, 9.17) is 0 Å². The van der Waals surface area contributed by atoms with E-state index < -0.39 is 6.10 Å². The summed E-state index contributed by atoms with van der Waals surface area (Å²) in [6.07, 6.45) is 1.99. The van der Waals surface area contributed by atoms with Gasteiger partial charge in [0, 0.05) is 30.3 Å². The van der Waals surface area contributed by atoms with Crippen LogP contribution in [0.1, 0.15) is 5.69 Å². The van der Waals surface area contributed by atoms with E-state index in [9.17, 15) is 5.11 Å². The Morgan fingerprint density at radius 1 is 1.35 bits per heavy atom. The monoisotopic (exact) mass is 249 g/mol. The van der Waals surface area contributed by atoms with Crippen LogP contribution in [0, 0.1) is 0 Å². The molecule has 0 aliphatic carbocycles. The molecular weight excluding hydrogens is 234 g/mol. The van der Waals surface area contributed by atoms with Crippen LogP contribution in [-0.4, -0.2) is 32.0 Å². The summed E-state index contributed by atoms with van der Waals surface area (Å²) in [5.41, 5.74) is 0.827. The molecule has 5 heteroatoms. The molecule has 1 atom stereocenters. The number of thioether (sulfide) groups is 1. The molecule has 2 aromatic rings. The first-order valence-corrected chi connectivity index (χ1v) is 6.44. The maximum absolute atomic E-state index is 9.88. The van der Waals surface area contributed by atoms with Crippen LogP contribution in [0.3, 0.4) is 0 Å². The summed E-state index contributed by atoms with van der Waals surface area (Å²) in [5, 5.41) is 17.7. The lowest BCUT2D eigenvalue weighted by Gasteiger charge is -2.07. The highest BCUT2D eigenvalue weighted by molar-refractivity contribution is 7.99. The van der Waals surface area contributed by atoms with Gasteiger partial charge in [-0.05, 0) is 12.1 Å². The fourth-order valence-corrected chi connectivity index (χ4v) is 2.35. The van der Waals surface area contributed by atoms with Gasteiger partial charge < -0.3 is 5.11 Å². The third kappa shape index (κ3) is 3.87. The zero-order valence-electron chi connectivity index (χ0n) is 9.65. The van der Waals surface area contributed by atoms with Crippen molar-refractivity contribution >= 4 is 11.8 Å². The van der Waals surface area contributed by atoms with E-state index in [0.717, 1.165) is 5.69 Å². The minimum absolute atomic E-state index is 0.392. The molecule has 0 radical (unpaired) electrons. The lowest BCUT2D eigenvalue weighted by atomic mass is 10.2. The predicted molar refractivity (Wildman–Crippen MR) is 67.9 cm³/mol. The molecule has 0 amide bonds. The largest absolute Gasteiger partial charge is 0.392 e. The number of aliphatic hydroxyl groups excluding tert-OH is 1. The third-order valence-corrected chi connectivity index (χ3v) is 3.44. The van der Waals surface area contributed by atoms with E-state index in [1.54, 1.807) is 16.4 Å². The highest BCUT2D eigenvalue weighted by Crippen LogP contribution is 2.18. The molecule has 4 nitrogen and oxygen atoms in total. The molecule has 1 aromatic carbocycles. The van der Waals surface area contributed by atoms with Gasteiger partial charge in [0.25, 0.3) is 0 Å². The van der Waals surface area contributed by atoms with E-state index in [2.05, 4.69) is 10.3 Å². The Balaban J connectivity index is 1.80. The van der Waals surface area contributed by atoms with E-state index in [0.29, 0.717) is 12.2 Å². The van der Waals surface area contributed by atoms with E-state index in [-0.39, 0.29) is 0 Å². The average Bonchev–Trinajstić information content (AvgIpc) is 2.73. The highest BCUT2D eigenvalue weighted by Gasteiger charge is 2.08. The summed E-state index contributed by atoms with van der Waals surface area (Å²) in [6, 6.07) is 10.1. The van der Waals surface area contributed by atoms with Gasteiger partial charge in [-0.2, -0.15) is 0 Å². The van der Waals surface area contributed by atoms with Crippen LogP contribution in [0.5, 0.6) is 0 Å². The Bertz CT molecular complexity index is 458. The molecular formula is C12H15N3OS. The highest BCUT2D eigenvalue weighted by atomic mass is 32.2. The van der Waals surface area contributed by atoms with Gasteiger partial charge in [-0.1, -0.05) is 23.4 Å². The zero-order valence-corrected chi connectivity index (χ0v) is 10.5. The number of aryl methyl sites for hydroxylation is 1. The Morgan fingerprint density at radius 2 is 2.12 bits per heavy atom. The molecule has 0 aliphatic rings. The lowest BCUT2D eigenvalue weighted by molar-refractivity contribution is 0.199. The standard InChI is InChI=1S/C12H15N3OS/c1-15-8-10(13-14-15)7-11(16)9-17-12-5-3-2-4-6-12/h2-6,8,11,16H,7,9H2,1H3. The van der Waals surface area contributed by atoms with E-state index >= 15 is 0 Å². The number of aliphatic hydroxyl groups is 1. The number of aromatic nitrogens is 3. The third-order valence-electron chi connectivity index (χ3n) is 2.28. The van der Waals surface area contributed by atoms with Crippen LogP contribution >= 0.6 is 11.8 Å². The zero-order chi connectivity index (χ0) is 12.1. The van der Waals surface area contributed by atoms with Crippen LogP contribution in [0.25, 0.3) is 0 Å². The summed E-state index contributed by atoms with van der Waals surface area (Å²) in [6.45, 7) is 0. The molecule has 1 heterocycles. The smallest absolute Gasteiger partial charge is 0.0853 e. The second kappa shape index (κ2) is 5.84. The van der Waals surface area contributed by atoms with Crippen molar-refractivity contribution in [2.45, 2.75) is 17.4 Å². The Kier molecular flexibility index (Phi) is 4.17. The van der Waals surface area contributed by atoms with Gasteiger partial charge in [0.1, 0.15) is 0 Å². The second-order valence-electron chi connectivity index (χ2n) is 3.87. The summed E-state index contributed by atoms with van der Waals surface area (Å²) >= 11 is 1.65. The number of benzene rings is 1. The molecule has 0 aliphatic heterocycles. The van der Waals surface area contributed by atoms with Gasteiger partial charge in [-0.15, -0.1) is 16.9 Å². The molecule has 0 bridgehead atoms. The summed E-state index contributed by atoms with van der Waals surface area (Å²) < 4.78 is 1.65. The molecule has 17 heavy (non-hydrogen) atoms. The SMILES string of the molecule is Cn1cc(CC(O)CSc2ccccc2)nn1. The van der Waals surface area contributed by atoms with Crippen LogP contribution in [0.4, 0.5) is 0 Å². The number of rotatable bonds is 5. The Labute approximate surface area is 105 Å². The fourth-order valence-electron chi connectivity index (χ4n) is 1.50. The van der Waals surface area contributed by atoms with Crippen molar-refractivity contribution in [3.05, 3.63) is 42.2 Å². The second-order valence-corrected chi connectivity index (χ2v) is 4.96. The van der Waals surface area contributed by atoms with Crippen LogP contribution in [0.15, 0.2) is 41.4 Å². The number of hydrogen-bond donors (Lipinski definition) is 1. The average molecular weight is 249 g/mol. The van der Waals surface area contributed by atoms with Gasteiger partial charge in [-0.3, -0.25) is 4.68 Å². The van der Waals surface area contributed by atoms with Crippen LogP contribution in [-0.2, 0) is 13.5 Å². The first kappa shape index (κ1) is 12.1. The van der Waals surface area contributed by atoms with Crippen molar-refractivity contribution < 1.29 is 5.11 Å². The number of hydrogen-bond acceptors (Lipinski definition) is 4. The predicted octanol–water partition coefficient (Wildman–Crippen LogP) is 1.51. The molecule has 2 rings (SSSR count). The summed E-state index contributed by atoms with van der Waals surface area (Å²) in [5.74, 6) is 0.667. The fraction of sp³-hybridized carbons (Fsp3) is 0.333. The van der Waals surface area contributed by atoms with Crippen molar-refractivity contribution in [3.8, 4) is 0 Å². The quantitative estimate of drug-likeness (QED) is 0.816. The van der Waals surface area contributed by atoms with Crippen LogP contribution in [0.2, 0.25) is 0 Å². The van der Waals surface area contributed by atoms with Crippen molar-refractivity contribution in [1.82, 2.24) is 15.0 Å². The first-order valence-electron chi connectivity index (χ1n) is 5.45. The maximum atomic E-state index is 9.88. The van der Waals surface area contributed by atoms with Gasteiger partial charge in [0.05, 0.1) is 11.8 Å². The molecule has 1 aromatic heterocycles.